The Kier molecular flexibility index (Phi) is 3.11. The van der Waals surface area contributed by atoms with Crippen molar-refractivity contribution in [3.63, 3.8) is 0 Å². The van der Waals surface area contributed by atoms with Crippen LogP contribution in [0.4, 0.5) is 0 Å². The standard InChI is InChI=1S/C17H15N3O3/c21-13-5-3-10(4-6-13)15(22)17(23)20-8-12-7-18-16(11-1-2-11)19-14(12)9-20/h3-7,11,21H,1-2,8-9H2. The van der Waals surface area contributed by atoms with Crippen LogP contribution in [0.2, 0.25) is 0 Å². The number of carbonyl (C=O) groups is 2. The third-order valence-corrected chi connectivity index (χ3v) is 4.23. The van der Waals surface area contributed by atoms with Gasteiger partial charge in [-0.2, -0.15) is 0 Å². The van der Waals surface area contributed by atoms with Gasteiger partial charge in [0.15, 0.2) is 0 Å². The van der Waals surface area contributed by atoms with Crippen LogP contribution in [-0.2, 0) is 17.9 Å². The van der Waals surface area contributed by atoms with Gasteiger partial charge in [-0.3, -0.25) is 9.59 Å². The topological polar surface area (TPSA) is 83.4 Å². The molecule has 1 aromatic carbocycles. The van der Waals surface area contributed by atoms with E-state index in [1.165, 1.54) is 29.2 Å². The molecule has 0 radical (unpaired) electrons. The van der Waals surface area contributed by atoms with Gasteiger partial charge in [0, 0.05) is 29.8 Å². The summed E-state index contributed by atoms with van der Waals surface area (Å²) in [6, 6.07) is 5.69. The monoisotopic (exact) mass is 309 g/mol. The summed E-state index contributed by atoms with van der Waals surface area (Å²) in [5, 5.41) is 9.26. The lowest BCUT2D eigenvalue weighted by Crippen LogP contribution is -2.32. The first-order chi connectivity index (χ1) is 11.1. The van der Waals surface area contributed by atoms with Crippen molar-refractivity contribution < 1.29 is 14.7 Å². The van der Waals surface area contributed by atoms with Crippen molar-refractivity contribution in [1.29, 1.82) is 0 Å². The van der Waals surface area contributed by atoms with Gasteiger partial charge in [-0.05, 0) is 37.1 Å². The number of hydrogen-bond donors (Lipinski definition) is 1. The number of phenolic OH excluding ortho intramolecular Hbond substituents is 1. The highest BCUT2D eigenvalue weighted by Crippen LogP contribution is 2.38. The average molecular weight is 309 g/mol. The number of aromatic nitrogens is 2. The smallest absolute Gasteiger partial charge is 0.295 e. The third kappa shape index (κ3) is 2.56. The van der Waals surface area contributed by atoms with Crippen LogP contribution in [0.5, 0.6) is 5.75 Å². The highest BCUT2D eigenvalue weighted by atomic mass is 16.3. The molecule has 4 rings (SSSR count). The molecule has 0 bridgehead atoms. The van der Waals surface area contributed by atoms with Crippen LogP contribution in [0.3, 0.4) is 0 Å². The zero-order chi connectivity index (χ0) is 16.0. The molecule has 6 nitrogen and oxygen atoms in total. The van der Waals surface area contributed by atoms with Crippen molar-refractivity contribution in [1.82, 2.24) is 14.9 Å². The Balaban J connectivity index is 1.51. The predicted octanol–water partition coefficient (Wildman–Crippen LogP) is 1.78. The van der Waals surface area contributed by atoms with E-state index >= 15 is 0 Å². The molecule has 0 saturated heterocycles. The van der Waals surface area contributed by atoms with E-state index in [9.17, 15) is 14.7 Å². The molecule has 1 aromatic heterocycles. The zero-order valence-electron chi connectivity index (χ0n) is 12.4. The van der Waals surface area contributed by atoms with E-state index < -0.39 is 11.7 Å². The van der Waals surface area contributed by atoms with Crippen LogP contribution >= 0.6 is 0 Å². The number of nitrogens with zero attached hydrogens (tertiary/aromatic N) is 3. The number of fused-ring (bicyclic) bond motifs is 1. The van der Waals surface area contributed by atoms with Gasteiger partial charge in [-0.25, -0.2) is 9.97 Å². The van der Waals surface area contributed by atoms with E-state index in [1.807, 2.05) is 0 Å². The maximum Gasteiger partial charge on any atom is 0.295 e. The minimum Gasteiger partial charge on any atom is -0.508 e. The molecule has 1 aliphatic carbocycles. The van der Waals surface area contributed by atoms with Crippen LogP contribution in [0.25, 0.3) is 0 Å². The van der Waals surface area contributed by atoms with E-state index in [-0.39, 0.29) is 11.3 Å². The second-order valence-corrected chi connectivity index (χ2v) is 6.01. The second kappa shape index (κ2) is 5.15. The molecule has 2 heterocycles. The molecule has 6 heteroatoms. The van der Waals surface area contributed by atoms with Crippen molar-refractivity contribution in [3.8, 4) is 5.75 Å². The van der Waals surface area contributed by atoms with Gasteiger partial charge in [0.2, 0.25) is 5.78 Å². The number of amides is 1. The summed E-state index contributed by atoms with van der Waals surface area (Å²) in [6.45, 7) is 0.711. The van der Waals surface area contributed by atoms with Gasteiger partial charge in [0.25, 0.3) is 5.91 Å². The highest BCUT2D eigenvalue weighted by Gasteiger charge is 2.32. The first kappa shape index (κ1) is 13.9. The summed E-state index contributed by atoms with van der Waals surface area (Å²) in [7, 11) is 0. The fourth-order valence-electron chi connectivity index (χ4n) is 2.73. The molecule has 1 aliphatic heterocycles. The number of rotatable bonds is 3. The van der Waals surface area contributed by atoms with Crippen molar-refractivity contribution in [2.75, 3.05) is 0 Å². The van der Waals surface area contributed by atoms with E-state index in [0.717, 1.165) is 29.9 Å². The first-order valence-corrected chi connectivity index (χ1v) is 7.59. The van der Waals surface area contributed by atoms with Crippen LogP contribution < -0.4 is 0 Å². The summed E-state index contributed by atoms with van der Waals surface area (Å²) in [5.74, 6) is 0.242. The van der Waals surface area contributed by atoms with E-state index in [2.05, 4.69) is 9.97 Å². The SMILES string of the molecule is O=C(C(=O)N1Cc2cnc(C3CC3)nc2C1)c1ccc(O)cc1. The summed E-state index contributed by atoms with van der Waals surface area (Å²) in [5.41, 5.74) is 2.02. The quantitative estimate of drug-likeness (QED) is 0.690. The van der Waals surface area contributed by atoms with E-state index in [0.29, 0.717) is 19.0 Å². The molecule has 1 fully saturated rings. The van der Waals surface area contributed by atoms with E-state index in [4.69, 9.17) is 0 Å². The van der Waals surface area contributed by atoms with Crippen molar-refractivity contribution in [2.45, 2.75) is 31.8 Å². The van der Waals surface area contributed by atoms with E-state index in [1.54, 1.807) is 6.20 Å². The summed E-state index contributed by atoms with van der Waals surface area (Å²) in [4.78, 5) is 35.1. The lowest BCUT2D eigenvalue weighted by Gasteiger charge is -2.13. The third-order valence-electron chi connectivity index (χ3n) is 4.23. The van der Waals surface area contributed by atoms with Crippen molar-refractivity contribution in [3.05, 3.63) is 53.1 Å². The fourth-order valence-corrected chi connectivity index (χ4v) is 2.73. The Hall–Kier alpha value is -2.76. The van der Waals surface area contributed by atoms with Gasteiger partial charge >= 0.3 is 0 Å². The molecule has 116 valence electrons. The van der Waals surface area contributed by atoms with Crippen LogP contribution in [0.15, 0.2) is 30.5 Å². The van der Waals surface area contributed by atoms with Crippen molar-refractivity contribution in [2.24, 2.45) is 0 Å². The van der Waals surface area contributed by atoms with Gasteiger partial charge in [0.1, 0.15) is 11.6 Å². The second-order valence-electron chi connectivity index (χ2n) is 6.01. The molecular formula is C17H15N3O3. The number of benzene rings is 1. The maximum absolute atomic E-state index is 12.4. The first-order valence-electron chi connectivity index (χ1n) is 7.59. The molecule has 23 heavy (non-hydrogen) atoms. The summed E-state index contributed by atoms with van der Waals surface area (Å²) < 4.78 is 0. The fraction of sp³-hybridized carbons (Fsp3) is 0.294. The number of phenols is 1. The Morgan fingerprint density at radius 1 is 1.13 bits per heavy atom. The number of ketones is 1. The van der Waals surface area contributed by atoms with Crippen LogP contribution in [0.1, 0.15) is 46.2 Å². The van der Waals surface area contributed by atoms with Gasteiger partial charge < -0.3 is 10.0 Å². The largest absolute Gasteiger partial charge is 0.508 e. The lowest BCUT2D eigenvalue weighted by atomic mass is 10.1. The Bertz CT molecular complexity index is 797. The number of aromatic hydroxyl groups is 1. The summed E-state index contributed by atoms with van der Waals surface area (Å²) >= 11 is 0. The zero-order valence-corrected chi connectivity index (χ0v) is 12.4. The maximum atomic E-state index is 12.4. The highest BCUT2D eigenvalue weighted by molar-refractivity contribution is 6.42. The lowest BCUT2D eigenvalue weighted by molar-refractivity contribution is -0.127. The number of hydrogen-bond acceptors (Lipinski definition) is 5. The number of carbonyl (C=O) groups excluding carboxylic acids is 2. The van der Waals surface area contributed by atoms with Crippen LogP contribution in [0, 0.1) is 0 Å². The molecule has 2 aliphatic rings. The predicted molar refractivity (Wildman–Crippen MR) is 80.7 cm³/mol. The normalized spacial score (nSPS) is 16.3. The Morgan fingerprint density at radius 2 is 1.87 bits per heavy atom. The summed E-state index contributed by atoms with van der Waals surface area (Å²) in [6.07, 6.45) is 4.02. The van der Waals surface area contributed by atoms with Crippen molar-refractivity contribution >= 4 is 11.7 Å². The minimum absolute atomic E-state index is 0.0606. The molecule has 0 spiro atoms. The Labute approximate surface area is 132 Å². The van der Waals surface area contributed by atoms with Gasteiger partial charge in [-0.15, -0.1) is 0 Å². The minimum atomic E-state index is -0.576. The number of Topliss-reactive ketones (excluding diaryl/α,β-unsaturated/α-hetero) is 1. The molecule has 0 unspecified atom stereocenters. The van der Waals surface area contributed by atoms with Crippen LogP contribution in [-0.4, -0.2) is 31.7 Å². The van der Waals surface area contributed by atoms with Gasteiger partial charge in [-0.1, -0.05) is 0 Å². The average Bonchev–Trinajstić information content (AvgIpc) is 3.33. The van der Waals surface area contributed by atoms with Gasteiger partial charge in [0.05, 0.1) is 12.2 Å². The molecule has 1 amide bonds. The molecule has 1 saturated carbocycles. The molecular weight excluding hydrogens is 294 g/mol. The molecule has 1 N–H and O–H groups in total. The molecule has 0 atom stereocenters. The molecule has 2 aromatic rings. The Morgan fingerprint density at radius 3 is 2.57 bits per heavy atom.